The molecule has 0 radical (unpaired) electrons. The molecule has 0 atom stereocenters. The van der Waals surface area contributed by atoms with E-state index in [-0.39, 0.29) is 12.0 Å². The molecule has 0 aliphatic carbocycles. The number of rotatable bonds is 6. The lowest BCUT2D eigenvalue weighted by Crippen LogP contribution is -2.17. The van der Waals surface area contributed by atoms with Crippen LogP contribution >= 0.6 is 0 Å². The van der Waals surface area contributed by atoms with Crippen molar-refractivity contribution < 1.29 is 4.74 Å². The average Bonchev–Trinajstić information content (AvgIpc) is 2.23. The summed E-state index contributed by atoms with van der Waals surface area (Å²) >= 11 is 0. The van der Waals surface area contributed by atoms with Crippen molar-refractivity contribution in [2.75, 3.05) is 45.3 Å². The summed E-state index contributed by atoms with van der Waals surface area (Å²) in [6.07, 6.45) is 1.00. The summed E-state index contributed by atoms with van der Waals surface area (Å²) in [6, 6.07) is 0.225. The van der Waals surface area contributed by atoms with Gasteiger partial charge in [-0.1, -0.05) is 0 Å². The smallest absolute Gasteiger partial charge is 0.322 e. The first-order valence-corrected chi connectivity index (χ1v) is 5.06. The molecule has 0 aliphatic rings. The normalized spacial score (nSPS) is 10.5. The van der Waals surface area contributed by atoms with Crippen molar-refractivity contribution in [2.45, 2.75) is 6.42 Å². The third-order valence-electron chi connectivity index (χ3n) is 1.88. The van der Waals surface area contributed by atoms with E-state index in [0.717, 1.165) is 19.5 Å². The first-order valence-electron chi connectivity index (χ1n) is 5.06. The SMILES string of the molecule is COc1nc(N)nc(NCCCN(C)C)n1. The zero-order valence-corrected chi connectivity index (χ0v) is 9.90. The highest BCUT2D eigenvalue weighted by Gasteiger charge is 2.03. The van der Waals surface area contributed by atoms with Gasteiger partial charge in [0.15, 0.2) is 0 Å². The summed E-state index contributed by atoms with van der Waals surface area (Å²) in [4.78, 5) is 13.9. The van der Waals surface area contributed by atoms with E-state index in [1.165, 1.54) is 7.11 Å². The molecule has 90 valence electrons. The zero-order valence-electron chi connectivity index (χ0n) is 9.90. The van der Waals surface area contributed by atoms with Gasteiger partial charge in [0.1, 0.15) is 0 Å². The predicted molar refractivity (Wildman–Crippen MR) is 62.5 cm³/mol. The van der Waals surface area contributed by atoms with Crippen LogP contribution in [0.25, 0.3) is 0 Å². The van der Waals surface area contributed by atoms with E-state index in [1.807, 2.05) is 14.1 Å². The molecular weight excluding hydrogens is 208 g/mol. The minimum absolute atomic E-state index is 0.155. The Hall–Kier alpha value is -1.63. The summed E-state index contributed by atoms with van der Waals surface area (Å²) < 4.78 is 4.89. The van der Waals surface area contributed by atoms with E-state index in [4.69, 9.17) is 10.5 Å². The van der Waals surface area contributed by atoms with E-state index in [1.54, 1.807) is 0 Å². The van der Waals surface area contributed by atoms with Gasteiger partial charge in [-0.15, -0.1) is 0 Å². The van der Waals surface area contributed by atoms with E-state index < -0.39 is 0 Å². The number of hydrogen-bond acceptors (Lipinski definition) is 7. The van der Waals surface area contributed by atoms with Crippen LogP contribution in [0.15, 0.2) is 0 Å². The van der Waals surface area contributed by atoms with Gasteiger partial charge < -0.3 is 20.7 Å². The third kappa shape index (κ3) is 4.26. The monoisotopic (exact) mass is 226 g/mol. The van der Waals surface area contributed by atoms with Crippen molar-refractivity contribution in [3.05, 3.63) is 0 Å². The topological polar surface area (TPSA) is 89.2 Å². The van der Waals surface area contributed by atoms with E-state index in [2.05, 4.69) is 25.2 Å². The number of methoxy groups -OCH3 is 1. The molecule has 0 unspecified atom stereocenters. The second-order valence-corrected chi connectivity index (χ2v) is 3.59. The van der Waals surface area contributed by atoms with Crippen LogP contribution in [0.5, 0.6) is 6.01 Å². The molecule has 0 saturated heterocycles. The number of nitrogens with zero attached hydrogens (tertiary/aromatic N) is 4. The maximum absolute atomic E-state index is 5.50. The Kier molecular flexibility index (Phi) is 4.71. The Balaban J connectivity index is 2.44. The van der Waals surface area contributed by atoms with E-state index in [9.17, 15) is 0 Å². The van der Waals surface area contributed by atoms with Crippen LogP contribution in [-0.2, 0) is 0 Å². The molecule has 0 fully saturated rings. The lowest BCUT2D eigenvalue weighted by molar-refractivity contribution is 0.379. The highest BCUT2D eigenvalue weighted by molar-refractivity contribution is 5.32. The molecule has 0 aromatic carbocycles. The van der Waals surface area contributed by atoms with Crippen LogP contribution in [0.4, 0.5) is 11.9 Å². The highest BCUT2D eigenvalue weighted by Crippen LogP contribution is 2.07. The fraction of sp³-hybridized carbons (Fsp3) is 0.667. The summed E-state index contributed by atoms with van der Waals surface area (Å²) in [7, 11) is 5.55. The Morgan fingerprint density at radius 3 is 2.69 bits per heavy atom. The van der Waals surface area contributed by atoms with Crippen LogP contribution in [0.3, 0.4) is 0 Å². The van der Waals surface area contributed by atoms with Crippen molar-refractivity contribution in [2.24, 2.45) is 0 Å². The van der Waals surface area contributed by atoms with Crippen molar-refractivity contribution in [1.29, 1.82) is 0 Å². The van der Waals surface area contributed by atoms with Crippen molar-refractivity contribution in [3.63, 3.8) is 0 Å². The predicted octanol–water partition coefficient (Wildman–Crippen LogP) is -0.174. The van der Waals surface area contributed by atoms with E-state index >= 15 is 0 Å². The molecule has 0 bridgehead atoms. The second kappa shape index (κ2) is 6.06. The zero-order chi connectivity index (χ0) is 12.0. The first-order chi connectivity index (χ1) is 7.61. The maximum atomic E-state index is 5.50. The molecule has 3 N–H and O–H groups in total. The number of nitrogens with one attached hydrogen (secondary N) is 1. The van der Waals surface area contributed by atoms with Crippen molar-refractivity contribution in [1.82, 2.24) is 19.9 Å². The Labute approximate surface area is 95.0 Å². The molecule has 7 heteroatoms. The Morgan fingerprint density at radius 2 is 2.06 bits per heavy atom. The number of nitrogen functional groups attached to an aromatic ring is 1. The third-order valence-corrected chi connectivity index (χ3v) is 1.88. The number of ether oxygens (including phenoxy) is 1. The molecule has 0 saturated carbocycles. The van der Waals surface area contributed by atoms with Crippen molar-refractivity contribution >= 4 is 11.9 Å². The number of hydrogen-bond donors (Lipinski definition) is 2. The molecule has 1 heterocycles. The largest absolute Gasteiger partial charge is 0.467 e. The van der Waals surface area contributed by atoms with E-state index in [0.29, 0.717) is 5.95 Å². The molecule has 0 spiro atoms. The molecule has 0 aliphatic heterocycles. The standard InChI is InChI=1S/C9H18N6O/c1-15(2)6-4-5-11-8-12-7(10)13-9(14-8)16-3/h4-6H2,1-3H3,(H3,10,11,12,13,14). The van der Waals surface area contributed by atoms with Gasteiger partial charge in [0.05, 0.1) is 7.11 Å². The summed E-state index contributed by atoms with van der Waals surface area (Å²) in [5.41, 5.74) is 5.50. The van der Waals surface area contributed by atoms with Gasteiger partial charge in [-0.05, 0) is 27.1 Å². The maximum Gasteiger partial charge on any atom is 0.322 e. The molecule has 7 nitrogen and oxygen atoms in total. The minimum atomic E-state index is 0.155. The highest BCUT2D eigenvalue weighted by atomic mass is 16.5. The fourth-order valence-electron chi connectivity index (χ4n) is 1.14. The van der Waals surface area contributed by atoms with Crippen LogP contribution in [0.2, 0.25) is 0 Å². The lowest BCUT2D eigenvalue weighted by atomic mass is 10.4. The van der Waals surface area contributed by atoms with Gasteiger partial charge in [0.25, 0.3) is 0 Å². The first kappa shape index (κ1) is 12.4. The van der Waals surface area contributed by atoms with Crippen molar-refractivity contribution in [3.8, 4) is 6.01 Å². The fourth-order valence-corrected chi connectivity index (χ4v) is 1.14. The molecular formula is C9H18N6O. The minimum Gasteiger partial charge on any atom is -0.467 e. The lowest BCUT2D eigenvalue weighted by Gasteiger charge is -2.10. The molecule has 1 rings (SSSR count). The number of nitrogens with two attached hydrogens (primary N) is 1. The summed E-state index contributed by atoms with van der Waals surface area (Å²) in [5.74, 6) is 0.602. The van der Waals surface area contributed by atoms with Crippen LogP contribution in [0, 0.1) is 0 Å². The van der Waals surface area contributed by atoms with Gasteiger partial charge in [0.2, 0.25) is 11.9 Å². The molecule has 1 aromatic heterocycles. The quantitative estimate of drug-likeness (QED) is 0.651. The van der Waals surface area contributed by atoms with Gasteiger partial charge >= 0.3 is 6.01 Å². The molecule has 16 heavy (non-hydrogen) atoms. The van der Waals surface area contributed by atoms with Crippen LogP contribution in [-0.4, -0.2) is 54.1 Å². The Bertz CT molecular complexity index is 330. The van der Waals surface area contributed by atoms with Gasteiger partial charge in [-0.3, -0.25) is 0 Å². The number of aromatic nitrogens is 3. The molecule has 0 amide bonds. The molecule has 1 aromatic rings. The van der Waals surface area contributed by atoms with Gasteiger partial charge in [-0.2, -0.15) is 15.0 Å². The average molecular weight is 226 g/mol. The Morgan fingerprint density at radius 1 is 1.31 bits per heavy atom. The summed E-state index contributed by atoms with van der Waals surface area (Å²) in [6.45, 7) is 1.79. The van der Waals surface area contributed by atoms with Gasteiger partial charge in [-0.25, -0.2) is 0 Å². The summed E-state index contributed by atoms with van der Waals surface area (Å²) in [5, 5.41) is 3.07. The van der Waals surface area contributed by atoms with Gasteiger partial charge in [0, 0.05) is 6.54 Å². The van der Waals surface area contributed by atoms with Crippen LogP contribution < -0.4 is 15.8 Å². The van der Waals surface area contributed by atoms with Crippen LogP contribution in [0.1, 0.15) is 6.42 Å². The number of anilines is 2. The second-order valence-electron chi connectivity index (χ2n) is 3.59.